The Balaban J connectivity index is 2.89. The van der Waals surface area contributed by atoms with Gasteiger partial charge in [0.1, 0.15) is 5.82 Å². The Morgan fingerprint density at radius 2 is 2.14 bits per heavy atom. The third kappa shape index (κ3) is 2.70. The van der Waals surface area contributed by atoms with Gasteiger partial charge in [-0.25, -0.2) is 4.39 Å². The first-order valence-corrected chi connectivity index (χ1v) is 4.02. The number of carboxylic acids is 1. The number of benzene rings is 1. The van der Waals surface area contributed by atoms with E-state index in [1.165, 1.54) is 12.1 Å². The number of halogens is 1. The van der Waals surface area contributed by atoms with E-state index in [1.54, 1.807) is 0 Å². The Bertz CT molecular complexity index is 334. The molecule has 0 aliphatic rings. The van der Waals surface area contributed by atoms with Crippen molar-refractivity contribution in [2.24, 2.45) is 5.73 Å². The second-order valence-electron chi connectivity index (χ2n) is 3.02. The SMILES string of the molecule is Nc1cc(F)cc([C@@H](N)CC(=O)O)c1. The van der Waals surface area contributed by atoms with Gasteiger partial charge in [0, 0.05) is 11.7 Å². The van der Waals surface area contributed by atoms with E-state index in [2.05, 4.69) is 0 Å². The van der Waals surface area contributed by atoms with Crippen LogP contribution in [0.5, 0.6) is 0 Å². The highest BCUT2D eigenvalue weighted by Crippen LogP contribution is 2.18. The molecule has 0 radical (unpaired) electrons. The van der Waals surface area contributed by atoms with Crippen LogP contribution in [0.25, 0.3) is 0 Å². The third-order valence-corrected chi connectivity index (χ3v) is 1.77. The van der Waals surface area contributed by atoms with Gasteiger partial charge in [0.2, 0.25) is 0 Å². The predicted octanol–water partition coefficient (Wildman–Crippen LogP) is 0.882. The van der Waals surface area contributed by atoms with Crippen molar-refractivity contribution in [3.05, 3.63) is 29.6 Å². The van der Waals surface area contributed by atoms with Gasteiger partial charge in [-0.2, -0.15) is 0 Å². The normalized spacial score (nSPS) is 12.4. The standard InChI is InChI=1S/C9H11FN2O2/c10-6-1-5(2-7(11)3-6)8(12)4-9(13)14/h1-3,8H,4,11-12H2,(H,13,14)/t8-/m0/s1. The number of nitrogen functional groups attached to an aromatic ring is 1. The summed E-state index contributed by atoms with van der Waals surface area (Å²) in [5, 5.41) is 8.48. The molecule has 1 aromatic rings. The van der Waals surface area contributed by atoms with E-state index in [4.69, 9.17) is 16.6 Å². The third-order valence-electron chi connectivity index (χ3n) is 1.77. The zero-order valence-electron chi connectivity index (χ0n) is 7.40. The number of nitrogens with two attached hydrogens (primary N) is 2. The molecule has 1 atom stereocenters. The molecule has 0 aliphatic heterocycles. The van der Waals surface area contributed by atoms with Crippen LogP contribution in [0.3, 0.4) is 0 Å². The van der Waals surface area contributed by atoms with Gasteiger partial charge in [-0.05, 0) is 23.8 Å². The number of carbonyl (C=O) groups is 1. The minimum absolute atomic E-state index is 0.237. The molecular weight excluding hydrogens is 187 g/mol. The zero-order chi connectivity index (χ0) is 10.7. The summed E-state index contributed by atoms with van der Waals surface area (Å²) >= 11 is 0. The number of carboxylic acid groups (broad SMARTS) is 1. The molecule has 76 valence electrons. The van der Waals surface area contributed by atoms with Crippen molar-refractivity contribution >= 4 is 11.7 Å². The molecule has 0 unspecified atom stereocenters. The van der Waals surface area contributed by atoms with Crippen LogP contribution in [0.1, 0.15) is 18.0 Å². The molecule has 4 nitrogen and oxygen atoms in total. The van der Waals surface area contributed by atoms with Crippen molar-refractivity contribution in [3.63, 3.8) is 0 Å². The lowest BCUT2D eigenvalue weighted by Gasteiger charge is -2.09. The molecule has 5 N–H and O–H groups in total. The van der Waals surface area contributed by atoms with E-state index in [0.717, 1.165) is 6.07 Å². The molecule has 0 heterocycles. The van der Waals surface area contributed by atoms with Crippen LogP contribution in [-0.4, -0.2) is 11.1 Å². The monoisotopic (exact) mass is 198 g/mol. The van der Waals surface area contributed by atoms with E-state index in [9.17, 15) is 9.18 Å². The van der Waals surface area contributed by atoms with Gasteiger partial charge in [-0.3, -0.25) is 4.79 Å². The van der Waals surface area contributed by atoms with Gasteiger partial charge >= 0.3 is 5.97 Å². The van der Waals surface area contributed by atoms with E-state index in [-0.39, 0.29) is 12.1 Å². The quantitative estimate of drug-likeness (QED) is 0.629. The lowest BCUT2D eigenvalue weighted by atomic mass is 10.0. The summed E-state index contributed by atoms with van der Waals surface area (Å²) in [5.74, 6) is -1.54. The first kappa shape index (κ1) is 10.5. The average Bonchev–Trinajstić information content (AvgIpc) is 2.00. The number of rotatable bonds is 3. The molecule has 14 heavy (non-hydrogen) atoms. The van der Waals surface area contributed by atoms with E-state index in [1.807, 2.05) is 0 Å². The number of aliphatic carboxylic acids is 1. The predicted molar refractivity (Wildman–Crippen MR) is 50.0 cm³/mol. The zero-order valence-corrected chi connectivity index (χ0v) is 7.40. The molecule has 0 aromatic heterocycles. The summed E-state index contributed by atoms with van der Waals surface area (Å²) in [4.78, 5) is 10.3. The molecule has 0 saturated heterocycles. The minimum atomic E-state index is -1.03. The van der Waals surface area contributed by atoms with Crippen molar-refractivity contribution in [1.82, 2.24) is 0 Å². The highest BCUT2D eigenvalue weighted by Gasteiger charge is 2.11. The van der Waals surface area contributed by atoms with Crippen molar-refractivity contribution in [3.8, 4) is 0 Å². The smallest absolute Gasteiger partial charge is 0.305 e. The fraction of sp³-hybridized carbons (Fsp3) is 0.222. The molecule has 0 amide bonds. The maximum absolute atomic E-state index is 12.8. The second-order valence-corrected chi connectivity index (χ2v) is 3.02. The highest BCUT2D eigenvalue weighted by atomic mass is 19.1. The van der Waals surface area contributed by atoms with Crippen LogP contribution in [0, 0.1) is 5.82 Å². The minimum Gasteiger partial charge on any atom is -0.481 e. The summed E-state index contributed by atoms with van der Waals surface area (Å²) in [7, 11) is 0. The Hall–Kier alpha value is -1.62. The van der Waals surface area contributed by atoms with Crippen molar-refractivity contribution in [2.45, 2.75) is 12.5 Å². The lowest BCUT2D eigenvalue weighted by Crippen LogP contribution is -2.15. The average molecular weight is 198 g/mol. The van der Waals surface area contributed by atoms with E-state index >= 15 is 0 Å². The van der Waals surface area contributed by atoms with Gasteiger partial charge in [0.05, 0.1) is 6.42 Å². The number of hydrogen-bond acceptors (Lipinski definition) is 3. The molecule has 1 rings (SSSR count). The van der Waals surface area contributed by atoms with Crippen LogP contribution in [0.2, 0.25) is 0 Å². The summed E-state index contributed by atoms with van der Waals surface area (Å²) in [6, 6.07) is 3.07. The fourth-order valence-corrected chi connectivity index (χ4v) is 1.16. The van der Waals surface area contributed by atoms with Crippen LogP contribution in [0.15, 0.2) is 18.2 Å². The van der Waals surface area contributed by atoms with Crippen LogP contribution in [-0.2, 0) is 4.79 Å². The summed E-state index contributed by atoms with van der Waals surface area (Å²) < 4.78 is 12.8. The second kappa shape index (κ2) is 4.06. The van der Waals surface area contributed by atoms with Crippen LogP contribution in [0.4, 0.5) is 10.1 Å². The van der Waals surface area contributed by atoms with Gasteiger partial charge in [-0.15, -0.1) is 0 Å². The van der Waals surface area contributed by atoms with Crippen molar-refractivity contribution in [2.75, 3.05) is 5.73 Å². The molecule has 5 heteroatoms. The highest BCUT2D eigenvalue weighted by molar-refractivity contribution is 5.68. The summed E-state index contributed by atoms with van der Waals surface area (Å²) in [5.41, 5.74) is 11.5. The first-order valence-electron chi connectivity index (χ1n) is 4.02. The molecule has 0 aliphatic carbocycles. The van der Waals surface area contributed by atoms with Gasteiger partial charge in [0.25, 0.3) is 0 Å². The van der Waals surface area contributed by atoms with Gasteiger partial charge in [-0.1, -0.05) is 0 Å². The molecule has 0 spiro atoms. The Morgan fingerprint density at radius 3 is 2.64 bits per heavy atom. The number of hydrogen-bond donors (Lipinski definition) is 3. The maximum Gasteiger partial charge on any atom is 0.305 e. The molecule has 0 bridgehead atoms. The van der Waals surface area contributed by atoms with Gasteiger partial charge < -0.3 is 16.6 Å². The van der Waals surface area contributed by atoms with Crippen LogP contribution < -0.4 is 11.5 Å². The van der Waals surface area contributed by atoms with Crippen LogP contribution >= 0.6 is 0 Å². The first-order chi connectivity index (χ1) is 6.49. The summed E-state index contributed by atoms with van der Waals surface area (Å²) in [6.45, 7) is 0. The van der Waals surface area contributed by atoms with Crippen molar-refractivity contribution < 1.29 is 14.3 Å². The molecule has 1 aromatic carbocycles. The largest absolute Gasteiger partial charge is 0.481 e. The molecule has 0 fully saturated rings. The molecular formula is C9H11FN2O2. The topological polar surface area (TPSA) is 89.3 Å². The lowest BCUT2D eigenvalue weighted by molar-refractivity contribution is -0.137. The summed E-state index contributed by atoms with van der Waals surface area (Å²) in [6.07, 6.45) is -0.247. The molecule has 0 saturated carbocycles. The maximum atomic E-state index is 12.8. The van der Waals surface area contributed by atoms with Crippen molar-refractivity contribution in [1.29, 1.82) is 0 Å². The Labute approximate surface area is 80.3 Å². The Kier molecular flexibility index (Phi) is 3.03. The van der Waals surface area contributed by atoms with E-state index in [0.29, 0.717) is 5.56 Å². The Morgan fingerprint density at radius 1 is 1.50 bits per heavy atom. The van der Waals surface area contributed by atoms with Gasteiger partial charge in [0.15, 0.2) is 0 Å². The van der Waals surface area contributed by atoms with E-state index < -0.39 is 17.8 Å². The fourth-order valence-electron chi connectivity index (χ4n) is 1.16. The number of anilines is 1.